The van der Waals surface area contributed by atoms with Crippen LogP contribution in [-0.4, -0.2) is 7.11 Å². The van der Waals surface area contributed by atoms with Crippen molar-refractivity contribution in [3.05, 3.63) is 9.71 Å². The van der Waals surface area contributed by atoms with Gasteiger partial charge in [-0.3, -0.25) is 0 Å². The molecule has 0 unspecified atom stereocenters. The topological polar surface area (TPSA) is 9.23 Å². The molecule has 0 spiro atoms. The first-order valence-corrected chi connectivity index (χ1v) is 2.56. The molecule has 0 bridgehead atoms. The minimum atomic E-state index is -0.0517. The van der Waals surface area contributed by atoms with Crippen molar-refractivity contribution in [1.82, 2.24) is 0 Å². The molecular formula is C3H3Cl3O. The largest absolute Gasteiger partial charge is 0.485 e. The van der Waals surface area contributed by atoms with E-state index in [1.165, 1.54) is 7.11 Å². The minimum Gasteiger partial charge on any atom is -0.485 e. The molecular weight excluding hydrogens is 158 g/mol. The maximum absolute atomic E-state index is 5.19. The number of hydrogen-bond donors (Lipinski definition) is 0. The average Bonchev–Trinajstić information content (AvgIpc) is 1.65. The quantitative estimate of drug-likeness (QED) is 0.537. The van der Waals surface area contributed by atoms with E-state index in [-0.39, 0.29) is 9.71 Å². The first kappa shape index (κ1) is 7.41. The third-order valence-corrected chi connectivity index (χ3v) is 1.21. The van der Waals surface area contributed by atoms with E-state index in [2.05, 4.69) is 4.74 Å². The lowest BCUT2D eigenvalue weighted by Gasteiger charge is -1.91. The standard InChI is InChI=1S/C3H3Cl3O/c1-7-3(6)2(4)5/h1H3. The number of halogens is 3. The van der Waals surface area contributed by atoms with E-state index < -0.39 is 0 Å². The van der Waals surface area contributed by atoms with Gasteiger partial charge in [0.1, 0.15) is 0 Å². The Labute approximate surface area is 56.8 Å². The van der Waals surface area contributed by atoms with E-state index >= 15 is 0 Å². The Morgan fingerprint density at radius 3 is 1.71 bits per heavy atom. The van der Waals surface area contributed by atoms with Crippen LogP contribution in [0.3, 0.4) is 0 Å². The van der Waals surface area contributed by atoms with Crippen LogP contribution in [0.4, 0.5) is 0 Å². The third kappa shape index (κ3) is 3.03. The molecule has 0 atom stereocenters. The molecule has 0 saturated heterocycles. The molecule has 0 aromatic heterocycles. The van der Waals surface area contributed by atoms with Crippen LogP contribution in [0.15, 0.2) is 9.71 Å². The van der Waals surface area contributed by atoms with Gasteiger partial charge in [-0.2, -0.15) is 0 Å². The Morgan fingerprint density at radius 2 is 1.71 bits per heavy atom. The molecule has 0 fully saturated rings. The molecule has 7 heavy (non-hydrogen) atoms. The Balaban J connectivity index is 3.72. The normalized spacial score (nSPS) is 8.00. The molecule has 0 aliphatic rings. The van der Waals surface area contributed by atoms with Gasteiger partial charge in [-0.15, -0.1) is 0 Å². The summed E-state index contributed by atoms with van der Waals surface area (Å²) >= 11 is 15.4. The highest BCUT2D eigenvalue weighted by molar-refractivity contribution is 6.59. The van der Waals surface area contributed by atoms with Gasteiger partial charge in [0.25, 0.3) is 0 Å². The second kappa shape index (κ2) is 3.42. The van der Waals surface area contributed by atoms with E-state index in [0.29, 0.717) is 0 Å². The summed E-state index contributed by atoms with van der Waals surface area (Å²) in [7, 11) is 1.38. The van der Waals surface area contributed by atoms with Crippen molar-refractivity contribution >= 4 is 34.8 Å². The van der Waals surface area contributed by atoms with Crippen molar-refractivity contribution in [2.24, 2.45) is 0 Å². The van der Waals surface area contributed by atoms with Crippen molar-refractivity contribution in [1.29, 1.82) is 0 Å². The van der Waals surface area contributed by atoms with Gasteiger partial charge in [0.05, 0.1) is 7.11 Å². The highest BCUT2D eigenvalue weighted by Gasteiger charge is 1.93. The van der Waals surface area contributed by atoms with Gasteiger partial charge in [-0.05, 0) is 11.6 Å². The van der Waals surface area contributed by atoms with Gasteiger partial charge >= 0.3 is 0 Å². The third-order valence-electron chi connectivity index (χ3n) is 0.328. The fourth-order valence-corrected chi connectivity index (χ4v) is 0.231. The SMILES string of the molecule is COC(Cl)=C(Cl)Cl. The second-order valence-electron chi connectivity index (χ2n) is 0.738. The summed E-state index contributed by atoms with van der Waals surface area (Å²) < 4.78 is 4.34. The first-order valence-electron chi connectivity index (χ1n) is 1.43. The summed E-state index contributed by atoms with van der Waals surface area (Å²) in [4.78, 5) is 0. The molecule has 0 heterocycles. The zero-order chi connectivity index (χ0) is 5.86. The van der Waals surface area contributed by atoms with Gasteiger partial charge in [-0.1, -0.05) is 23.2 Å². The summed E-state index contributed by atoms with van der Waals surface area (Å²) in [6, 6.07) is 0. The van der Waals surface area contributed by atoms with Crippen LogP contribution in [-0.2, 0) is 4.74 Å². The van der Waals surface area contributed by atoms with E-state index in [1.807, 2.05) is 0 Å². The zero-order valence-electron chi connectivity index (χ0n) is 3.54. The summed E-state index contributed by atoms with van der Waals surface area (Å²) in [5, 5.41) is 0.0170. The monoisotopic (exact) mass is 160 g/mol. The summed E-state index contributed by atoms with van der Waals surface area (Å²) in [5.74, 6) is 0. The molecule has 0 saturated carbocycles. The fraction of sp³-hybridized carbons (Fsp3) is 0.333. The number of methoxy groups -OCH3 is 1. The smallest absolute Gasteiger partial charge is 0.217 e. The van der Waals surface area contributed by atoms with Gasteiger partial charge in [0.2, 0.25) is 5.22 Å². The van der Waals surface area contributed by atoms with Crippen molar-refractivity contribution < 1.29 is 4.74 Å². The predicted molar refractivity (Wildman–Crippen MR) is 31.6 cm³/mol. The molecule has 4 heteroatoms. The van der Waals surface area contributed by atoms with Gasteiger partial charge in [0.15, 0.2) is 4.49 Å². The van der Waals surface area contributed by atoms with E-state index in [1.54, 1.807) is 0 Å². The zero-order valence-corrected chi connectivity index (χ0v) is 5.81. The molecule has 0 aliphatic carbocycles. The number of ether oxygens (including phenoxy) is 1. The van der Waals surface area contributed by atoms with Gasteiger partial charge < -0.3 is 4.74 Å². The van der Waals surface area contributed by atoms with Crippen molar-refractivity contribution in [2.75, 3.05) is 7.11 Å². The Hall–Kier alpha value is 0.410. The first-order chi connectivity index (χ1) is 3.18. The van der Waals surface area contributed by atoms with Crippen molar-refractivity contribution in [3.8, 4) is 0 Å². The highest BCUT2D eigenvalue weighted by Crippen LogP contribution is 2.16. The Morgan fingerprint density at radius 1 is 1.29 bits per heavy atom. The van der Waals surface area contributed by atoms with E-state index in [4.69, 9.17) is 34.8 Å². The molecule has 1 nitrogen and oxygen atoms in total. The van der Waals surface area contributed by atoms with E-state index in [0.717, 1.165) is 0 Å². The van der Waals surface area contributed by atoms with Gasteiger partial charge in [0, 0.05) is 0 Å². The molecule has 0 N–H and O–H groups in total. The lowest BCUT2D eigenvalue weighted by molar-refractivity contribution is 0.321. The van der Waals surface area contributed by atoms with Crippen molar-refractivity contribution in [3.63, 3.8) is 0 Å². The lowest BCUT2D eigenvalue weighted by atomic mass is 11.1. The predicted octanol–water partition coefficient (Wildman–Crippen LogP) is 2.48. The highest BCUT2D eigenvalue weighted by atomic mass is 35.5. The Kier molecular flexibility index (Phi) is 3.62. The molecule has 0 aromatic carbocycles. The molecule has 0 radical (unpaired) electrons. The van der Waals surface area contributed by atoms with Crippen LogP contribution in [0, 0.1) is 0 Å². The minimum absolute atomic E-state index is 0.0170. The number of hydrogen-bond acceptors (Lipinski definition) is 1. The summed E-state index contributed by atoms with van der Waals surface area (Å²) in [6.07, 6.45) is 0. The van der Waals surface area contributed by atoms with Crippen LogP contribution in [0.2, 0.25) is 0 Å². The summed E-state index contributed by atoms with van der Waals surface area (Å²) in [6.45, 7) is 0. The Bertz CT molecular complexity index is 84.2. The van der Waals surface area contributed by atoms with Crippen LogP contribution < -0.4 is 0 Å². The van der Waals surface area contributed by atoms with Crippen LogP contribution in [0.25, 0.3) is 0 Å². The van der Waals surface area contributed by atoms with Crippen LogP contribution in [0.5, 0.6) is 0 Å². The maximum Gasteiger partial charge on any atom is 0.217 e. The average molecular weight is 161 g/mol. The van der Waals surface area contributed by atoms with E-state index in [9.17, 15) is 0 Å². The molecule has 0 aromatic rings. The van der Waals surface area contributed by atoms with Gasteiger partial charge in [-0.25, -0.2) is 0 Å². The molecule has 0 aliphatic heterocycles. The maximum atomic E-state index is 5.19. The van der Waals surface area contributed by atoms with Crippen molar-refractivity contribution in [2.45, 2.75) is 0 Å². The van der Waals surface area contributed by atoms with Crippen LogP contribution in [0.1, 0.15) is 0 Å². The molecule has 0 amide bonds. The lowest BCUT2D eigenvalue weighted by Crippen LogP contribution is -1.73. The number of rotatable bonds is 1. The van der Waals surface area contributed by atoms with Crippen LogP contribution >= 0.6 is 34.8 Å². The summed E-state index contributed by atoms with van der Waals surface area (Å²) in [5.41, 5.74) is 0. The fourth-order valence-electron chi connectivity index (χ4n) is 0.0772. The molecule has 42 valence electrons. The molecule has 0 rings (SSSR count). The second-order valence-corrected chi connectivity index (χ2v) is 2.03.